The van der Waals surface area contributed by atoms with Gasteiger partial charge in [0.25, 0.3) is 0 Å². The lowest BCUT2D eigenvalue weighted by atomic mass is 9.86. The van der Waals surface area contributed by atoms with Gasteiger partial charge in [-0.25, -0.2) is 0 Å². The normalized spacial score (nSPS) is 21.0. The van der Waals surface area contributed by atoms with Crippen molar-refractivity contribution in [1.82, 2.24) is 0 Å². The fraction of sp³-hybridized carbons (Fsp3) is 0.909. The van der Waals surface area contributed by atoms with Crippen molar-refractivity contribution >= 4 is 0 Å². The highest BCUT2D eigenvalue weighted by Gasteiger charge is 2.18. The largest absolute Gasteiger partial charge is 0.0599 e. The molecule has 0 saturated heterocycles. The molecule has 0 aromatic carbocycles. The van der Waals surface area contributed by atoms with Crippen molar-refractivity contribution in [3.05, 3.63) is 6.92 Å². The Hall–Kier alpha value is 0. The van der Waals surface area contributed by atoms with Gasteiger partial charge in [0.2, 0.25) is 0 Å². The second-order valence-electron chi connectivity index (χ2n) is 4.85. The maximum Gasteiger partial charge on any atom is -0.0354 e. The molecule has 0 aromatic heterocycles. The Labute approximate surface area is 71.4 Å². The molecule has 0 nitrogen and oxygen atoms in total. The van der Waals surface area contributed by atoms with Gasteiger partial charge in [0, 0.05) is 0 Å². The quantitative estimate of drug-likeness (QED) is 0.578. The molecule has 1 rings (SSSR count). The van der Waals surface area contributed by atoms with Gasteiger partial charge in [-0.2, -0.15) is 0 Å². The first kappa shape index (κ1) is 9.09. The average molecular weight is 153 g/mol. The van der Waals surface area contributed by atoms with Crippen LogP contribution in [0.4, 0.5) is 0 Å². The standard InChI is InChI=1S/C11H21/c1-11(2,3)9-8-10-6-4-5-7-10/h10H,1,4-9H2,2-3H3. The van der Waals surface area contributed by atoms with Gasteiger partial charge >= 0.3 is 0 Å². The summed E-state index contributed by atoms with van der Waals surface area (Å²) in [5.41, 5.74) is 0.308. The van der Waals surface area contributed by atoms with E-state index in [2.05, 4.69) is 20.8 Å². The topological polar surface area (TPSA) is 0 Å². The summed E-state index contributed by atoms with van der Waals surface area (Å²) in [6.07, 6.45) is 8.63. The van der Waals surface area contributed by atoms with Gasteiger partial charge in [0.15, 0.2) is 0 Å². The lowest BCUT2D eigenvalue weighted by Gasteiger charge is -2.19. The molecule has 1 radical (unpaired) electrons. The van der Waals surface area contributed by atoms with E-state index >= 15 is 0 Å². The molecule has 0 bridgehead atoms. The van der Waals surface area contributed by atoms with Gasteiger partial charge in [-0.1, -0.05) is 39.5 Å². The maximum atomic E-state index is 4.13. The molecular formula is C11H21. The molecule has 0 heterocycles. The summed E-state index contributed by atoms with van der Waals surface area (Å²) in [4.78, 5) is 0. The predicted octanol–water partition coefficient (Wildman–Crippen LogP) is 3.82. The zero-order chi connectivity index (χ0) is 8.32. The van der Waals surface area contributed by atoms with Crippen LogP contribution in [0.1, 0.15) is 52.4 Å². The maximum absolute atomic E-state index is 4.13. The van der Waals surface area contributed by atoms with Crippen molar-refractivity contribution in [3.8, 4) is 0 Å². The molecule has 1 fully saturated rings. The lowest BCUT2D eigenvalue weighted by Crippen LogP contribution is -2.07. The molecule has 0 atom stereocenters. The molecule has 0 spiro atoms. The van der Waals surface area contributed by atoms with Gasteiger partial charge in [-0.3, -0.25) is 0 Å². The van der Waals surface area contributed by atoms with E-state index in [4.69, 9.17) is 0 Å². The minimum absolute atomic E-state index is 0.308. The molecule has 0 amide bonds. The molecule has 65 valence electrons. The Morgan fingerprint density at radius 1 is 1.27 bits per heavy atom. The van der Waals surface area contributed by atoms with E-state index in [1.165, 1.54) is 38.5 Å². The Balaban J connectivity index is 2.11. The van der Waals surface area contributed by atoms with Crippen LogP contribution >= 0.6 is 0 Å². The summed E-state index contributed by atoms with van der Waals surface area (Å²) in [5, 5.41) is 0. The minimum Gasteiger partial charge on any atom is -0.0599 e. The third-order valence-electron chi connectivity index (χ3n) is 2.70. The zero-order valence-corrected chi connectivity index (χ0v) is 8.03. The molecule has 11 heavy (non-hydrogen) atoms. The molecule has 0 aromatic rings. The van der Waals surface area contributed by atoms with E-state index in [1.54, 1.807) is 0 Å². The minimum atomic E-state index is 0.308. The van der Waals surface area contributed by atoms with Crippen LogP contribution in [-0.2, 0) is 0 Å². The summed E-state index contributed by atoms with van der Waals surface area (Å²) in [7, 11) is 0. The van der Waals surface area contributed by atoms with Crippen LogP contribution in [0.25, 0.3) is 0 Å². The molecule has 0 N–H and O–H groups in total. The van der Waals surface area contributed by atoms with E-state index < -0.39 is 0 Å². The Kier molecular flexibility index (Phi) is 2.98. The van der Waals surface area contributed by atoms with Crippen molar-refractivity contribution in [3.63, 3.8) is 0 Å². The first-order chi connectivity index (χ1) is 5.08. The summed E-state index contributed by atoms with van der Waals surface area (Å²) >= 11 is 0. The van der Waals surface area contributed by atoms with E-state index in [0.29, 0.717) is 5.41 Å². The van der Waals surface area contributed by atoms with Crippen molar-refractivity contribution in [2.75, 3.05) is 0 Å². The SMILES string of the molecule is [CH2]C(C)(C)CCC1CCCC1. The van der Waals surface area contributed by atoms with E-state index in [0.717, 1.165) is 5.92 Å². The van der Waals surface area contributed by atoms with Crippen molar-refractivity contribution in [1.29, 1.82) is 0 Å². The monoisotopic (exact) mass is 153 g/mol. The zero-order valence-electron chi connectivity index (χ0n) is 8.03. The Morgan fingerprint density at radius 3 is 2.27 bits per heavy atom. The summed E-state index contributed by atoms with van der Waals surface area (Å²) < 4.78 is 0. The highest BCUT2D eigenvalue weighted by molar-refractivity contribution is 4.75. The number of hydrogen-bond acceptors (Lipinski definition) is 0. The second-order valence-corrected chi connectivity index (χ2v) is 4.85. The van der Waals surface area contributed by atoms with E-state index in [1.807, 2.05) is 0 Å². The highest BCUT2D eigenvalue weighted by Crippen LogP contribution is 2.32. The van der Waals surface area contributed by atoms with Crippen molar-refractivity contribution < 1.29 is 0 Å². The van der Waals surface area contributed by atoms with Gasteiger partial charge < -0.3 is 0 Å². The lowest BCUT2D eigenvalue weighted by molar-refractivity contribution is 0.359. The van der Waals surface area contributed by atoms with E-state index in [-0.39, 0.29) is 0 Å². The van der Waals surface area contributed by atoms with Crippen LogP contribution in [0, 0.1) is 18.3 Å². The number of hydrogen-bond donors (Lipinski definition) is 0. The fourth-order valence-corrected chi connectivity index (χ4v) is 1.89. The van der Waals surface area contributed by atoms with Crippen molar-refractivity contribution in [2.45, 2.75) is 52.4 Å². The van der Waals surface area contributed by atoms with Gasteiger partial charge in [-0.15, -0.1) is 0 Å². The van der Waals surface area contributed by atoms with Gasteiger partial charge in [-0.05, 0) is 31.1 Å². The Morgan fingerprint density at radius 2 is 1.82 bits per heavy atom. The third-order valence-corrected chi connectivity index (χ3v) is 2.70. The van der Waals surface area contributed by atoms with Gasteiger partial charge in [0.1, 0.15) is 0 Å². The van der Waals surface area contributed by atoms with Crippen LogP contribution in [0.2, 0.25) is 0 Å². The molecular weight excluding hydrogens is 132 g/mol. The van der Waals surface area contributed by atoms with E-state index in [9.17, 15) is 0 Å². The second kappa shape index (κ2) is 3.60. The molecule has 1 saturated carbocycles. The average Bonchev–Trinajstić information content (AvgIpc) is 2.32. The van der Waals surface area contributed by atoms with Crippen LogP contribution in [0.15, 0.2) is 0 Å². The number of rotatable bonds is 3. The molecule has 0 heteroatoms. The first-order valence-corrected chi connectivity index (χ1v) is 4.93. The van der Waals surface area contributed by atoms with Crippen LogP contribution < -0.4 is 0 Å². The summed E-state index contributed by atoms with van der Waals surface area (Å²) in [5.74, 6) is 1.04. The first-order valence-electron chi connectivity index (χ1n) is 4.93. The molecule has 1 aliphatic carbocycles. The predicted molar refractivity (Wildman–Crippen MR) is 50.3 cm³/mol. The third kappa shape index (κ3) is 3.79. The van der Waals surface area contributed by atoms with Crippen LogP contribution in [0.5, 0.6) is 0 Å². The van der Waals surface area contributed by atoms with Crippen LogP contribution in [-0.4, -0.2) is 0 Å². The van der Waals surface area contributed by atoms with Crippen LogP contribution in [0.3, 0.4) is 0 Å². The fourth-order valence-electron chi connectivity index (χ4n) is 1.89. The molecule has 0 unspecified atom stereocenters. The molecule has 0 aliphatic heterocycles. The summed E-state index contributed by atoms with van der Waals surface area (Å²) in [6.45, 7) is 8.61. The molecule has 1 aliphatic rings. The van der Waals surface area contributed by atoms with Gasteiger partial charge in [0.05, 0.1) is 0 Å². The summed E-state index contributed by atoms with van der Waals surface area (Å²) in [6, 6.07) is 0. The smallest absolute Gasteiger partial charge is 0.0354 e. The Bertz CT molecular complexity index is 102. The highest BCUT2D eigenvalue weighted by atomic mass is 14.2. The van der Waals surface area contributed by atoms with Crippen molar-refractivity contribution in [2.24, 2.45) is 11.3 Å².